The number of anilines is 1. The molecule has 0 bridgehead atoms. The lowest BCUT2D eigenvalue weighted by Crippen LogP contribution is -2.49. The average molecular weight is 415 g/mol. The first-order valence-electron chi connectivity index (χ1n) is 8.32. The Kier molecular flexibility index (Phi) is 5.26. The minimum Gasteiger partial charge on any atom is -0.399 e. The molecule has 1 aliphatic heterocycles. The second-order valence-corrected chi connectivity index (χ2v) is 6.68. The van der Waals surface area contributed by atoms with Gasteiger partial charge in [0.05, 0.1) is 39.8 Å². The zero-order valence-corrected chi connectivity index (χ0v) is 15.6. The summed E-state index contributed by atoms with van der Waals surface area (Å²) >= 11 is 5.89. The molecule has 2 aromatic rings. The number of nitrogens with one attached hydrogen (secondary N) is 1. The smallest absolute Gasteiger partial charge is 0.399 e. The van der Waals surface area contributed by atoms with Crippen LogP contribution in [0.25, 0.3) is 0 Å². The lowest BCUT2D eigenvalue weighted by molar-refractivity contribution is -0.137. The molecule has 1 aromatic heterocycles. The van der Waals surface area contributed by atoms with Gasteiger partial charge in [-0.15, -0.1) is 0 Å². The van der Waals surface area contributed by atoms with Crippen LogP contribution < -0.4 is 16.6 Å². The van der Waals surface area contributed by atoms with E-state index < -0.39 is 28.7 Å². The molecule has 3 rings (SSSR count). The maximum atomic E-state index is 13.1. The van der Waals surface area contributed by atoms with Crippen molar-refractivity contribution in [3.63, 3.8) is 0 Å². The summed E-state index contributed by atoms with van der Waals surface area (Å²) in [5, 5.41) is 7.25. The predicted molar refractivity (Wildman–Crippen MR) is 98.0 cm³/mol. The Morgan fingerprint density at radius 2 is 2.11 bits per heavy atom. The third-order valence-corrected chi connectivity index (χ3v) is 5.08. The topological polar surface area (TPSA) is 104 Å². The molecule has 5 N–H and O–H groups in total. The maximum Gasteiger partial charge on any atom is 0.417 e. The van der Waals surface area contributed by atoms with Gasteiger partial charge in [-0.25, -0.2) is 5.84 Å². The summed E-state index contributed by atoms with van der Waals surface area (Å²) in [6, 6.07) is 4.33. The van der Waals surface area contributed by atoms with Crippen molar-refractivity contribution in [1.82, 2.24) is 15.1 Å². The minimum atomic E-state index is -4.66. The Morgan fingerprint density at radius 1 is 1.39 bits per heavy atom. The van der Waals surface area contributed by atoms with Crippen LogP contribution in [0.15, 0.2) is 41.9 Å². The Hall–Kier alpha value is -2.72. The van der Waals surface area contributed by atoms with E-state index in [1.165, 1.54) is 22.2 Å². The zero-order chi connectivity index (χ0) is 20.6. The normalized spacial score (nSPS) is 17.8. The molecule has 0 spiro atoms. The van der Waals surface area contributed by atoms with Gasteiger partial charge in [0, 0.05) is 19.0 Å². The summed E-state index contributed by atoms with van der Waals surface area (Å²) in [6.45, 7) is 1.89. The predicted octanol–water partition coefficient (Wildman–Crippen LogP) is 2.87. The van der Waals surface area contributed by atoms with Crippen LogP contribution in [-0.4, -0.2) is 33.6 Å². The van der Waals surface area contributed by atoms with E-state index in [0.717, 1.165) is 12.1 Å². The molecule has 11 heteroatoms. The molecule has 28 heavy (non-hydrogen) atoms. The summed E-state index contributed by atoms with van der Waals surface area (Å²) in [5.41, 5.74) is 5.84. The van der Waals surface area contributed by atoms with E-state index in [1.807, 2.05) is 0 Å². The van der Waals surface area contributed by atoms with E-state index in [-0.39, 0.29) is 12.1 Å². The Morgan fingerprint density at radius 3 is 2.71 bits per heavy atom. The summed E-state index contributed by atoms with van der Waals surface area (Å²) in [7, 11) is 0. The summed E-state index contributed by atoms with van der Waals surface area (Å²) in [5.74, 6) is 5.96. The van der Waals surface area contributed by atoms with Gasteiger partial charge in [0.25, 0.3) is 5.91 Å². The van der Waals surface area contributed by atoms with Crippen LogP contribution in [0.2, 0.25) is 5.02 Å². The number of nitrogens with zero attached hydrogens (tertiary/aromatic N) is 3. The molecule has 150 valence electrons. The fourth-order valence-corrected chi connectivity index (χ4v) is 3.42. The largest absolute Gasteiger partial charge is 0.417 e. The fourth-order valence-electron chi connectivity index (χ4n) is 3.11. The third-order valence-electron chi connectivity index (χ3n) is 4.67. The third kappa shape index (κ3) is 3.52. The van der Waals surface area contributed by atoms with Gasteiger partial charge < -0.3 is 10.6 Å². The van der Waals surface area contributed by atoms with E-state index in [9.17, 15) is 18.0 Å². The van der Waals surface area contributed by atoms with Crippen molar-refractivity contribution in [3.05, 3.63) is 58.0 Å². The van der Waals surface area contributed by atoms with Crippen LogP contribution >= 0.6 is 11.6 Å². The first kappa shape index (κ1) is 20.0. The van der Waals surface area contributed by atoms with Crippen LogP contribution in [0.4, 0.5) is 19.0 Å². The number of hydrogen-bond donors (Lipinski definition) is 3. The molecule has 0 fully saturated rings. The molecule has 0 radical (unpaired) electrons. The van der Waals surface area contributed by atoms with Gasteiger partial charge in [0.1, 0.15) is 5.82 Å². The van der Waals surface area contributed by atoms with Crippen molar-refractivity contribution in [3.8, 4) is 0 Å². The van der Waals surface area contributed by atoms with Gasteiger partial charge in [-0.3, -0.25) is 14.9 Å². The second-order valence-electron chi connectivity index (χ2n) is 6.30. The fraction of sp³-hybridized carbons (Fsp3) is 0.294. The maximum absolute atomic E-state index is 13.1. The number of aromatic nitrogens is 2. The summed E-state index contributed by atoms with van der Waals surface area (Å²) in [6.07, 6.45) is -2.81. The monoisotopic (exact) mass is 414 g/mol. The number of carbonyl (C=O) groups excluding carboxylic acids is 1. The highest BCUT2D eigenvalue weighted by molar-refractivity contribution is 6.34. The van der Waals surface area contributed by atoms with Gasteiger partial charge in [0.15, 0.2) is 0 Å². The second kappa shape index (κ2) is 7.36. The molecule has 1 aromatic carbocycles. The minimum absolute atomic E-state index is 0.213. The van der Waals surface area contributed by atoms with E-state index in [4.69, 9.17) is 23.2 Å². The molecule has 0 saturated carbocycles. The molecule has 1 amide bonds. The molecular formula is C17H18ClF3N6O. The molecule has 1 aliphatic rings. The van der Waals surface area contributed by atoms with E-state index >= 15 is 0 Å². The molecule has 1 atom stereocenters. The van der Waals surface area contributed by atoms with Gasteiger partial charge in [-0.1, -0.05) is 17.7 Å². The number of rotatable bonds is 3. The van der Waals surface area contributed by atoms with Crippen molar-refractivity contribution < 1.29 is 18.0 Å². The van der Waals surface area contributed by atoms with Crippen molar-refractivity contribution in [1.29, 1.82) is 0 Å². The summed E-state index contributed by atoms with van der Waals surface area (Å²) < 4.78 is 39.3. The number of nitrogens with two attached hydrogens (primary N) is 2. The van der Waals surface area contributed by atoms with Crippen LogP contribution in [0, 0.1) is 0 Å². The van der Waals surface area contributed by atoms with Gasteiger partial charge in [-0.05, 0) is 19.1 Å². The number of carbonyl (C=O) groups is 1. The van der Waals surface area contributed by atoms with Crippen molar-refractivity contribution in [2.75, 3.05) is 11.6 Å². The number of halogens is 4. The number of hydrogen-bond acceptors (Lipinski definition) is 5. The molecule has 0 saturated heterocycles. The number of H-pyrrole nitrogens is 1. The van der Waals surface area contributed by atoms with Gasteiger partial charge >= 0.3 is 6.18 Å². The van der Waals surface area contributed by atoms with Crippen molar-refractivity contribution >= 4 is 23.3 Å². The quantitative estimate of drug-likeness (QED) is 0.529. The molecular weight excluding hydrogens is 397 g/mol. The van der Waals surface area contributed by atoms with Gasteiger partial charge in [0.2, 0.25) is 0 Å². The van der Waals surface area contributed by atoms with E-state index in [0.29, 0.717) is 23.6 Å². The highest BCUT2D eigenvalue weighted by Gasteiger charge is 2.37. The van der Waals surface area contributed by atoms with Crippen molar-refractivity contribution in [2.24, 2.45) is 11.6 Å². The van der Waals surface area contributed by atoms with Crippen molar-refractivity contribution in [2.45, 2.75) is 25.6 Å². The van der Waals surface area contributed by atoms with E-state index in [2.05, 4.69) is 10.2 Å². The van der Waals surface area contributed by atoms with Crippen LogP contribution in [0.5, 0.6) is 0 Å². The molecule has 1 unspecified atom stereocenters. The Bertz CT molecular complexity index is 912. The standard InChI is InChI=1S/C17H18ClF3N6O/c1-9-15(22)12(27(23)13-5-7-24-25-13)6-8-26(9)16(28)10-3-2-4-11(14(10)18)17(19,20)21/h2-5,7,9H,6,8,22-23H2,1H3,(H,24,25). The number of alkyl halides is 3. The molecule has 0 aliphatic carbocycles. The first-order chi connectivity index (χ1) is 13.1. The number of aromatic amines is 1. The van der Waals surface area contributed by atoms with E-state index in [1.54, 1.807) is 13.0 Å². The Balaban J connectivity index is 1.90. The van der Waals surface area contributed by atoms with Crippen LogP contribution in [0.3, 0.4) is 0 Å². The molecule has 2 heterocycles. The number of benzene rings is 1. The lowest BCUT2D eigenvalue weighted by atomic mass is 10.0. The van der Waals surface area contributed by atoms with Gasteiger partial charge in [-0.2, -0.15) is 18.3 Å². The van der Waals surface area contributed by atoms with Crippen LogP contribution in [0.1, 0.15) is 29.3 Å². The number of amides is 1. The number of hydrazine groups is 1. The van der Waals surface area contributed by atoms with Crippen LogP contribution in [-0.2, 0) is 6.18 Å². The average Bonchev–Trinajstić information content (AvgIpc) is 3.17. The first-order valence-corrected chi connectivity index (χ1v) is 8.70. The highest BCUT2D eigenvalue weighted by Crippen LogP contribution is 2.37. The summed E-state index contributed by atoms with van der Waals surface area (Å²) in [4.78, 5) is 14.3. The SMILES string of the molecule is CC1C(N)=C(N(N)c2ccn[nH]2)CCN1C(=O)c1cccc(C(F)(F)F)c1Cl. The Labute approximate surface area is 163 Å². The molecule has 7 nitrogen and oxygen atoms in total. The lowest BCUT2D eigenvalue weighted by Gasteiger charge is -2.37. The highest BCUT2D eigenvalue weighted by atomic mass is 35.5. The zero-order valence-electron chi connectivity index (χ0n) is 14.8.